The van der Waals surface area contributed by atoms with Gasteiger partial charge in [-0.2, -0.15) is 0 Å². The maximum Gasteiger partial charge on any atom is 0.287 e. The first kappa shape index (κ1) is 12.4. The van der Waals surface area contributed by atoms with Crippen LogP contribution in [-0.2, 0) is 6.61 Å². The zero-order chi connectivity index (χ0) is 13.0. The number of rotatable bonds is 1. The van der Waals surface area contributed by atoms with Crippen LogP contribution in [0, 0.1) is 10.1 Å². The molecule has 1 aliphatic heterocycles. The van der Waals surface area contributed by atoms with Gasteiger partial charge >= 0.3 is 0 Å². The fourth-order valence-corrected chi connectivity index (χ4v) is 1.70. The minimum atomic E-state index is -0.512. The van der Waals surface area contributed by atoms with Gasteiger partial charge in [-0.05, 0) is 23.8 Å². The Hall–Kier alpha value is -2.07. The van der Waals surface area contributed by atoms with Crippen LogP contribution in [0.3, 0.4) is 0 Å². The van der Waals surface area contributed by atoms with Crippen molar-refractivity contribution in [2.24, 2.45) is 0 Å². The summed E-state index contributed by atoms with van der Waals surface area (Å²) in [4.78, 5) is 9.63. The van der Waals surface area contributed by atoms with E-state index in [1.165, 1.54) is 17.7 Å². The normalized spacial score (nSPS) is 11.2. The number of fused-ring (bicyclic) bond motifs is 2. The van der Waals surface area contributed by atoms with E-state index in [-0.39, 0.29) is 10.7 Å². The monoisotopic (exact) mass is 263 g/mol. The van der Waals surface area contributed by atoms with Crippen molar-refractivity contribution in [2.75, 3.05) is 0 Å². The smallest absolute Gasteiger partial charge is 0.287 e. The van der Waals surface area contributed by atoms with Crippen LogP contribution >= 0.6 is 11.6 Å². The van der Waals surface area contributed by atoms with Gasteiger partial charge in [-0.25, -0.2) is 0 Å². The van der Waals surface area contributed by atoms with Crippen LogP contribution in [0.4, 0.5) is 5.69 Å². The van der Waals surface area contributed by atoms with Crippen LogP contribution in [0.5, 0.6) is 5.75 Å². The second kappa shape index (κ2) is 5.51. The van der Waals surface area contributed by atoms with E-state index >= 15 is 0 Å². The van der Waals surface area contributed by atoms with E-state index in [2.05, 4.69) is 12.1 Å². The van der Waals surface area contributed by atoms with Crippen molar-refractivity contribution in [1.82, 2.24) is 0 Å². The third-order valence-electron chi connectivity index (χ3n) is 2.35. The van der Waals surface area contributed by atoms with Gasteiger partial charge in [-0.1, -0.05) is 35.9 Å². The van der Waals surface area contributed by atoms with Crippen LogP contribution in [0.25, 0.3) is 0 Å². The minimum absolute atomic E-state index is 0.0517. The summed E-state index contributed by atoms with van der Waals surface area (Å²) in [5.74, 6) is 1.00. The molecule has 0 N–H and O–H groups in total. The Morgan fingerprint density at radius 1 is 1.17 bits per heavy atom. The molecule has 0 aliphatic carbocycles. The van der Waals surface area contributed by atoms with Crippen LogP contribution in [0.2, 0.25) is 5.02 Å². The van der Waals surface area contributed by atoms with Gasteiger partial charge in [0.25, 0.3) is 5.69 Å². The second-order valence-corrected chi connectivity index (χ2v) is 4.05. The second-order valence-electron chi connectivity index (χ2n) is 3.64. The van der Waals surface area contributed by atoms with E-state index in [1.807, 2.05) is 12.1 Å². The molecule has 92 valence electrons. The molecule has 3 rings (SSSR count). The van der Waals surface area contributed by atoms with Crippen LogP contribution in [0.1, 0.15) is 5.56 Å². The Kier molecular flexibility index (Phi) is 3.79. The van der Waals surface area contributed by atoms with Crippen molar-refractivity contribution in [3.8, 4) is 5.75 Å². The first-order valence-corrected chi connectivity index (χ1v) is 5.65. The molecule has 0 fully saturated rings. The highest BCUT2D eigenvalue weighted by molar-refractivity contribution is 6.32. The van der Waals surface area contributed by atoms with E-state index in [1.54, 1.807) is 12.1 Å². The molecule has 0 radical (unpaired) electrons. The van der Waals surface area contributed by atoms with Gasteiger partial charge in [0.1, 0.15) is 17.4 Å². The van der Waals surface area contributed by atoms with Gasteiger partial charge in [0, 0.05) is 6.07 Å². The molecule has 1 heterocycles. The molecule has 18 heavy (non-hydrogen) atoms. The summed E-state index contributed by atoms with van der Waals surface area (Å²) >= 11 is 5.48. The maximum absolute atomic E-state index is 10.1. The fourth-order valence-electron chi connectivity index (χ4n) is 1.49. The molecule has 0 atom stereocenters. The van der Waals surface area contributed by atoms with Crippen LogP contribution in [0.15, 0.2) is 48.5 Å². The number of nitrogens with zero attached hydrogens (tertiary/aromatic N) is 1. The summed E-state index contributed by atoms with van der Waals surface area (Å²) in [5, 5.41) is 10.3. The van der Waals surface area contributed by atoms with Crippen LogP contribution < -0.4 is 4.74 Å². The molecule has 2 bridgehead atoms. The highest BCUT2D eigenvalue weighted by Gasteiger charge is 2.08. The lowest BCUT2D eigenvalue weighted by Gasteiger charge is -1.90. The molecular formula is C13H10ClNO3. The molecule has 0 saturated carbocycles. The average molecular weight is 264 g/mol. The van der Waals surface area contributed by atoms with Crippen molar-refractivity contribution in [1.29, 1.82) is 0 Å². The molecule has 0 amide bonds. The predicted octanol–water partition coefficient (Wildman–Crippen LogP) is 3.83. The molecule has 1 aliphatic rings. The van der Waals surface area contributed by atoms with Gasteiger partial charge in [0.05, 0.1) is 4.92 Å². The lowest BCUT2D eigenvalue weighted by atomic mass is 10.2. The van der Waals surface area contributed by atoms with E-state index < -0.39 is 4.92 Å². The van der Waals surface area contributed by atoms with Gasteiger partial charge in [0.2, 0.25) is 0 Å². The molecule has 0 spiro atoms. The Morgan fingerprint density at radius 2 is 1.94 bits per heavy atom. The van der Waals surface area contributed by atoms with Gasteiger partial charge in [-0.3, -0.25) is 10.1 Å². The molecule has 0 aromatic heterocycles. The number of nitro benzene ring substituents is 1. The summed E-state index contributed by atoms with van der Waals surface area (Å²) < 4.78 is 5.18. The van der Waals surface area contributed by atoms with Gasteiger partial charge in [0.15, 0.2) is 0 Å². The van der Waals surface area contributed by atoms with Crippen LogP contribution in [-0.4, -0.2) is 4.92 Å². The molecular weight excluding hydrogens is 254 g/mol. The number of hydrogen-bond acceptors (Lipinski definition) is 3. The highest BCUT2D eigenvalue weighted by atomic mass is 35.5. The number of nitro groups is 1. The highest BCUT2D eigenvalue weighted by Crippen LogP contribution is 2.22. The molecule has 4 nitrogen and oxygen atoms in total. The number of para-hydroxylation sites is 1. The maximum atomic E-state index is 10.1. The zero-order valence-electron chi connectivity index (χ0n) is 9.38. The lowest BCUT2D eigenvalue weighted by molar-refractivity contribution is -0.384. The minimum Gasteiger partial charge on any atom is -0.489 e. The third kappa shape index (κ3) is 2.99. The Labute approximate surface area is 109 Å². The SMILES string of the molecule is O=[N+]([O-])c1ccccc1Cl.c1cc2cc(c1)OC2. The van der Waals surface area contributed by atoms with Crippen molar-refractivity contribution in [2.45, 2.75) is 6.61 Å². The van der Waals surface area contributed by atoms with E-state index in [4.69, 9.17) is 16.3 Å². The zero-order valence-corrected chi connectivity index (χ0v) is 10.1. The lowest BCUT2D eigenvalue weighted by Crippen LogP contribution is -1.87. The fraction of sp³-hybridized carbons (Fsp3) is 0.0769. The number of halogens is 1. The van der Waals surface area contributed by atoms with E-state index in [9.17, 15) is 10.1 Å². The predicted molar refractivity (Wildman–Crippen MR) is 68.9 cm³/mol. The summed E-state index contributed by atoms with van der Waals surface area (Å²) in [6.07, 6.45) is 0. The molecule has 0 unspecified atom stereocenters. The average Bonchev–Trinajstić information content (AvgIpc) is 2.69. The Bertz CT molecular complexity index is 552. The van der Waals surface area contributed by atoms with Crippen molar-refractivity contribution >= 4 is 17.3 Å². The first-order valence-electron chi connectivity index (χ1n) is 5.27. The largest absolute Gasteiger partial charge is 0.489 e. The Balaban J connectivity index is 0.000000136. The van der Waals surface area contributed by atoms with E-state index in [0.717, 1.165) is 12.4 Å². The van der Waals surface area contributed by atoms with Crippen molar-refractivity contribution < 1.29 is 9.66 Å². The molecule has 2 aromatic rings. The summed E-state index contributed by atoms with van der Waals surface area (Å²) in [6.45, 7) is 0.766. The van der Waals surface area contributed by atoms with Crippen molar-refractivity contribution in [3.05, 3.63) is 69.2 Å². The van der Waals surface area contributed by atoms with E-state index in [0.29, 0.717) is 0 Å². The summed E-state index contributed by atoms with van der Waals surface area (Å²) in [5.41, 5.74) is 1.23. The number of hydrogen-bond donors (Lipinski definition) is 0. The molecule has 2 aromatic carbocycles. The standard InChI is InChI=1S/C7H6O.C6H4ClNO2/c1-2-6-4-7(3-1)8-5-6;7-5-3-1-2-4-6(5)8(9)10/h1-4H,5H2;1-4H. The summed E-state index contributed by atoms with van der Waals surface area (Å²) in [7, 11) is 0. The first-order chi connectivity index (χ1) is 8.66. The third-order valence-corrected chi connectivity index (χ3v) is 2.67. The molecule has 5 heteroatoms. The van der Waals surface area contributed by atoms with Gasteiger partial charge in [-0.15, -0.1) is 0 Å². The van der Waals surface area contributed by atoms with Gasteiger partial charge < -0.3 is 4.74 Å². The summed E-state index contributed by atoms with van der Waals surface area (Å²) in [6, 6.07) is 14.2. The number of ether oxygens (including phenoxy) is 1. The van der Waals surface area contributed by atoms with Crippen molar-refractivity contribution in [3.63, 3.8) is 0 Å². The number of benzene rings is 2. The Morgan fingerprint density at radius 3 is 2.50 bits per heavy atom. The molecule has 0 saturated heterocycles. The topological polar surface area (TPSA) is 52.4 Å². The quantitative estimate of drug-likeness (QED) is 0.580.